The fraction of sp³-hybridized carbons (Fsp3) is 0.269. The summed E-state index contributed by atoms with van der Waals surface area (Å²) < 4.78 is 38.3. The zero-order valence-corrected chi connectivity index (χ0v) is 18.2. The third kappa shape index (κ3) is 4.79. The summed E-state index contributed by atoms with van der Waals surface area (Å²) in [5, 5.41) is 14.2. The molecule has 1 aromatic heterocycles. The van der Waals surface area contributed by atoms with Gasteiger partial charge in [-0.05, 0) is 53.1 Å². The predicted octanol–water partition coefficient (Wildman–Crippen LogP) is 3.84. The fourth-order valence-electron chi connectivity index (χ4n) is 4.55. The molecule has 0 saturated carbocycles. The molecule has 0 radical (unpaired) electrons. The molecular weight excluding hydrogens is 442 g/mol. The molecule has 1 fully saturated rings. The Labute approximate surface area is 194 Å². The summed E-state index contributed by atoms with van der Waals surface area (Å²) >= 11 is 0. The maximum Gasteiger partial charge on any atom is 0.417 e. The SMILES string of the molecule is O=c1[nH]c2ccc(CNC3COC(C(c4ccc(F)cc4)c4ccc(F)cc4)CC3O)cc2o1. The highest BCUT2D eigenvalue weighted by Gasteiger charge is 2.35. The van der Waals surface area contributed by atoms with Gasteiger partial charge in [-0.1, -0.05) is 30.3 Å². The summed E-state index contributed by atoms with van der Waals surface area (Å²) in [4.78, 5) is 14.0. The van der Waals surface area contributed by atoms with Gasteiger partial charge in [0, 0.05) is 18.9 Å². The number of aliphatic hydroxyl groups excluding tert-OH is 1. The van der Waals surface area contributed by atoms with E-state index in [1.807, 2.05) is 6.07 Å². The number of halogens is 2. The van der Waals surface area contributed by atoms with E-state index in [0.29, 0.717) is 24.1 Å². The van der Waals surface area contributed by atoms with Gasteiger partial charge in [0.1, 0.15) is 11.6 Å². The van der Waals surface area contributed by atoms with Crippen LogP contribution in [0.4, 0.5) is 8.78 Å². The van der Waals surface area contributed by atoms with Gasteiger partial charge in [-0.3, -0.25) is 4.98 Å². The molecule has 4 aromatic rings. The van der Waals surface area contributed by atoms with Crippen LogP contribution in [0.15, 0.2) is 75.9 Å². The molecule has 34 heavy (non-hydrogen) atoms. The van der Waals surface area contributed by atoms with E-state index < -0.39 is 11.9 Å². The van der Waals surface area contributed by atoms with E-state index in [-0.39, 0.29) is 36.3 Å². The maximum absolute atomic E-state index is 13.5. The number of aromatic nitrogens is 1. The number of rotatable bonds is 6. The van der Waals surface area contributed by atoms with Crippen molar-refractivity contribution in [3.05, 3.63) is 106 Å². The van der Waals surface area contributed by atoms with Crippen molar-refractivity contribution in [2.45, 2.75) is 37.1 Å². The summed E-state index contributed by atoms with van der Waals surface area (Å²) in [6.07, 6.45) is -0.700. The zero-order valence-electron chi connectivity index (χ0n) is 18.2. The number of oxazole rings is 1. The van der Waals surface area contributed by atoms with E-state index in [1.165, 1.54) is 24.3 Å². The van der Waals surface area contributed by atoms with Crippen molar-refractivity contribution in [3.63, 3.8) is 0 Å². The minimum Gasteiger partial charge on any atom is -0.408 e. The van der Waals surface area contributed by atoms with Gasteiger partial charge in [0.25, 0.3) is 0 Å². The standard InChI is InChI=1S/C26H24F2N2O4/c27-18-6-2-16(3-7-18)25(17-4-8-19(28)9-5-17)24-12-22(31)21(14-33-24)29-13-15-1-10-20-23(11-15)34-26(32)30-20/h1-11,21-22,24-25,29,31H,12-14H2,(H,30,32). The van der Waals surface area contributed by atoms with E-state index in [9.17, 15) is 18.7 Å². The first-order valence-electron chi connectivity index (χ1n) is 11.1. The first-order valence-corrected chi connectivity index (χ1v) is 11.1. The molecule has 6 nitrogen and oxygen atoms in total. The lowest BCUT2D eigenvalue weighted by Crippen LogP contribution is -2.50. The highest BCUT2D eigenvalue weighted by molar-refractivity contribution is 5.72. The van der Waals surface area contributed by atoms with Crippen LogP contribution in [-0.2, 0) is 11.3 Å². The molecule has 176 valence electrons. The number of benzene rings is 3. The molecule has 8 heteroatoms. The Bertz CT molecular complexity index is 1270. The normalized spacial score (nSPS) is 20.8. The van der Waals surface area contributed by atoms with Gasteiger partial charge in [-0.2, -0.15) is 0 Å². The smallest absolute Gasteiger partial charge is 0.408 e. The lowest BCUT2D eigenvalue weighted by molar-refractivity contribution is -0.0718. The van der Waals surface area contributed by atoms with Crippen LogP contribution < -0.4 is 11.1 Å². The van der Waals surface area contributed by atoms with Gasteiger partial charge >= 0.3 is 5.76 Å². The van der Waals surface area contributed by atoms with Gasteiger partial charge in [0.15, 0.2) is 5.58 Å². The lowest BCUT2D eigenvalue weighted by Gasteiger charge is -2.38. The molecule has 3 atom stereocenters. The first-order chi connectivity index (χ1) is 16.5. The Kier molecular flexibility index (Phi) is 6.28. The van der Waals surface area contributed by atoms with Gasteiger partial charge in [0.05, 0.1) is 30.4 Å². The molecular formula is C26H24F2N2O4. The highest BCUT2D eigenvalue weighted by Crippen LogP contribution is 2.35. The summed E-state index contributed by atoms with van der Waals surface area (Å²) in [7, 11) is 0. The summed E-state index contributed by atoms with van der Waals surface area (Å²) in [5.74, 6) is -1.46. The van der Waals surface area contributed by atoms with Crippen molar-refractivity contribution in [1.82, 2.24) is 10.3 Å². The molecule has 2 heterocycles. The molecule has 1 aliphatic rings. The van der Waals surface area contributed by atoms with Gasteiger partial charge in [0.2, 0.25) is 0 Å². The van der Waals surface area contributed by atoms with Crippen LogP contribution in [0, 0.1) is 11.6 Å². The average Bonchev–Trinajstić information content (AvgIpc) is 3.20. The topological polar surface area (TPSA) is 87.5 Å². The molecule has 0 aliphatic carbocycles. The largest absolute Gasteiger partial charge is 0.417 e. The summed E-state index contributed by atoms with van der Waals surface area (Å²) in [6, 6.07) is 17.5. The Morgan fingerprint density at radius 2 is 1.65 bits per heavy atom. The van der Waals surface area contributed by atoms with Crippen LogP contribution in [0.5, 0.6) is 0 Å². The van der Waals surface area contributed by atoms with Gasteiger partial charge in [-0.25, -0.2) is 13.6 Å². The monoisotopic (exact) mass is 466 g/mol. The Hall–Kier alpha value is -3.33. The zero-order chi connectivity index (χ0) is 23.7. The van der Waals surface area contributed by atoms with E-state index >= 15 is 0 Å². The second kappa shape index (κ2) is 9.50. The molecule has 1 aliphatic heterocycles. The quantitative estimate of drug-likeness (QED) is 0.402. The number of ether oxygens (including phenoxy) is 1. The Morgan fingerprint density at radius 3 is 2.26 bits per heavy atom. The van der Waals surface area contributed by atoms with Crippen LogP contribution in [0.3, 0.4) is 0 Å². The fourth-order valence-corrected chi connectivity index (χ4v) is 4.55. The van der Waals surface area contributed by atoms with E-state index in [4.69, 9.17) is 9.15 Å². The van der Waals surface area contributed by atoms with Crippen LogP contribution in [0.25, 0.3) is 11.1 Å². The molecule has 3 unspecified atom stereocenters. The summed E-state index contributed by atoms with van der Waals surface area (Å²) in [5.41, 5.74) is 3.67. The minimum absolute atomic E-state index is 0.270. The van der Waals surface area contributed by atoms with Crippen LogP contribution in [0.2, 0.25) is 0 Å². The van der Waals surface area contributed by atoms with Crippen LogP contribution in [-0.4, -0.2) is 34.9 Å². The van der Waals surface area contributed by atoms with E-state index in [1.54, 1.807) is 36.4 Å². The predicted molar refractivity (Wildman–Crippen MR) is 122 cm³/mol. The maximum atomic E-state index is 13.5. The Balaban J connectivity index is 1.29. The molecule has 0 amide bonds. The van der Waals surface area contributed by atoms with Gasteiger partial charge < -0.3 is 19.6 Å². The highest BCUT2D eigenvalue weighted by atomic mass is 19.1. The Morgan fingerprint density at radius 1 is 1.00 bits per heavy atom. The second-order valence-electron chi connectivity index (χ2n) is 8.59. The van der Waals surface area contributed by atoms with Crippen molar-refractivity contribution in [2.24, 2.45) is 0 Å². The minimum atomic E-state index is -0.684. The van der Waals surface area contributed by atoms with Crippen molar-refractivity contribution < 1.29 is 23.0 Å². The molecule has 0 spiro atoms. The number of nitrogens with one attached hydrogen (secondary N) is 2. The molecule has 3 aromatic carbocycles. The second-order valence-corrected chi connectivity index (χ2v) is 8.59. The van der Waals surface area contributed by atoms with Crippen LogP contribution >= 0.6 is 0 Å². The number of aliphatic hydroxyl groups is 1. The van der Waals surface area contributed by atoms with E-state index in [2.05, 4.69) is 10.3 Å². The molecule has 3 N–H and O–H groups in total. The van der Waals surface area contributed by atoms with Crippen molar-refractivity contribution in [3.8, 4) is 0 Å². The third-order valence-electron chi connectivity index (χ3n) is 6.31. The van der Waals surface area contributed by atoms with E-state index in [0.717, 1.165) is 16.7 Å². The number of hydrogen-bond acceptors (Lipinski definition) is 5. The number of H-pyrrole nitrogens is 1. The van der Waals surface area contributed by atoms with Crippen molar-refractivity contribution >= 4 is 11.1 Å². The summed E-state index contributed by atoms with van der Waals surface area (Å²) in [6.45, 7) is 0.728. The average molecular weight is 466 g/mol. The lowest BCUT2D eigenvalue weighted by atomic mass is 9.82. The van der Waals surface area contributed by atoms with Crippen molar-refractivity contribution in [2.75, 3.05) is 6.61 Å². The molecule has 5 rings (SSSR count). The van der Waals surface area contributed by atoms with Gasteiger partial charge in [-0.15, -0.1) is 0 Å². The number of aromatic amines is 1. The molecule has 1 saturated heterocycles. The third-order valence-corrected chi connectivity index (χ3v) is 6.31. The van der Waals surface area contributed by atoms with Crippen LogP contribution in [0.1, 0.15) is 29.0 Å². The first kappa shape index (κ1) is 22.5. The van der Waals surface area contributed by atoms with Crippen molar-refractivity contribution in [1.29, 1.82) is 0 Å². The number of hydrogen-bond donors (Lipinski definition) is 3. The molecule has 0 bridgehead atoms. The number of fused-ring (bicyclic) bond motifs is 1.